The molecule has 0 atom stereocenters. The molecular weight excluding hydrogens is 232 g/mol. The average molecular weight is 244 g/mol. The van der Waals surface area contributed by atoms with E-state index in [-0.39, 0.29) is 0 Å². The Balaban J connectivity index is 1.58. The summed E-state index contributed by atoms with van der Waals surface area (Å²) >= 11 is 0. The van der Waals surface area contributed by atoms with Gasteiger partial charge in [-0.1, -0.05) is 0 Å². The second-order valence-corrected chi connectivity index (χ2v) is 3.80. The standard InChI is InChI=1S/C10H12N8/c1(2-8-13-6-14-16-8)3-11-9-10-17-15-7-18(10)5-4-12-9/h4-7H,1-3H2,(H,11,12)(H,13,14,16). The molecule has 0 radical (unpaired) electrons. The molecule has 0 unspecified atom stereocenters. The first kappa shape index (κ1) is 10.6. The molecule has 0 aromatic carbocycles. The molecule has 3 aromatic rings. The van der Waals surface area contributed by atoms with Crippen molar-refractivity contribution >= 4 is 11.5 Å². The van der Waals surface area contributed by atoms with Gasteiger partial charge in [-0.2, -0.15) is 5.10 Å². The quantitative estimate of drug-likeness (QED) is 0.626. The number of hydrogen-bond acceptors (Lipinski definition) is 6. The Labute approximate surface area is 102 Å². The van der Waals surface area contributed by atoms with Crippen LogP contribution in [0.2, 0.25) is 0 Å². The van der Waals surface area contributed by atoms with Crippen LogP contribution in [0, 0.1) is 0 Å². The number of fused-ring (bicyclic) bond motifs is 1. The maximum absolute atomic E-state index is 4.24. The largest absolute Gasteiger partial charge is 0.367 e. The monoisotopic (exact) mass is 244 g/mol. The van der Waals surface area contributed by atoms with Crippen molar-refractivity contribution in [2.45, 2.75) is 12.8 Å². The molecule has 0 spiro atoms. The fourth-order valence-electron chi connectivity index (χ4n) is 1.70. The van der Waals surface area contributed by atoms with Gasteiger partial charge in [0.2, 0.25) is 5.65 Å². The normalized spacial score (nSPS) is 10.9. The van der Waals surface area contributed by atoms with Crippen molar-refractivity contribution in [1.82, 2.24) is 34.8 Å². The summed E-state index contributed by atoms with van der Waals surface area (Å²) in [6, 6.07) is 0. The number of aromatic nitrogens is 7. The van der Waals surface area contributed by atoms with E-state index in [0.29, 0.717) is 0 Å². The SMILES string of the molecule is c1n[nH]c(CCCNc2nccn3cnnc23)n1. The Morgan fingerprint density at radius 3 is 3.22 bits per heavy atom. The number of nitrogens with zero attached hydrogens (tertiary/aromatic N) is 6. The minimum atomic E-state index is 0.733. The Hall–Kier alpha value is -2.51. The maximum atomic E-state index is 4.24. The summed E-state index contributed by atoms with van der Waals surface area (Å²) in [5, 5.41) is 17.7. The first-order chi connectivity index (χ1) is 8.93. The zero-order valence-corrected chi connectivity index (χ0v) is 9.61. The Morgan fingerprint density at radius 2 is 2.33 bits per heavy atom. The lowest BCUT2D eigenvalue weighted by atomic mass is 10.3. The van der Waals surface area contributed by atoms with Crippen LogP contribution in [0.5, 0.6) is 0 Å². The van der Waals surface area contributed by atoms with Crippen molar-refractivity contribution in [2.24, 2.45) is 0 Å². The third-order valence-corrected chi connectivity index (χ3v) is 2.56. The third kappa shape index (κ3) is 2.12. The van der Waals surface area contributed by atoms with Gasteiger partial charge in [0.1, 0.15) is 18.5 Å². The van der Waals surface area contributed by atoms with Crippen LogP contribution in [0.15, 0.2) is 25.0 Å². The van der Waals surface area contributed by atoms with Crippen molar-refractivity contribution in [3.05, 3.63) is 30.9 Å². The number of aryl methyl sites for hydroxylation is 1. The van der Waals surface area contributed by atoms with Crippen molar-refractivity contribution in [2.75, 3.05) is 11.9 Å². The summed E-state index contributed by atoms with van der Waals surface area (Å²) in [5.74, 6) is 1.64. The Bertz CT molecular complexity index is 614. The van der Waals surface area contributed by atoms with Gasteiger partial charge in [0.15, 0.2) is 5.82 Å². The highest BCUT2D eigenvalue weighted by atomic mass is 15.2. The first-order valence-corrected chi connectivity index (χ1v) is 5.66. The number of H-pyrrole nitrogens is 1. The molecule has 0 aliphatic rings. The molecule has 8 nitrogen and oxygen atoms in total. The van der Waals surface area contributed by atoms with Crippen LogP contribution >= 0.6 is 0 Å². The first-order valence-electron chi connectivity index (χ1n) is 5.66. The van der Waals surface area contributed by atoms with Gasteiger partial charge in [-0.05, 0) is 6.42 Å². The van der Waals surface area contributed by atoms with Crippen LogP contribution in [-0.2, 0) is 6.42 Å². The van der Waals surface area contributed by atoms with Gasteiger partial charge in [-0.3, -0.25) is 9.50 Å². The molecule has 3 aromatic heterocycles. The van der Waals surface area contributed by atoms with E-state index >= 15 is 0 Å². The lowest BCUT2D eigenvalue weighted by Crippen LogP contribution is -2.06. The van der Waals surface area contributed by atoms with E-state index in [4.69, 9.17) is 0 Å². The highest BCUT2D eigenvalue weighted by Crippen LogP contribution is 2.09. The second-order valence-electron chi connectivity index (χ2n) is 3.80. The van der Waals surface area contributed by atoms with E-state index in [1.54, 1.807) is 12.5 Å². The summed E-state index contributed by atoms with van der Waals surface area (Å²) in [4.78, 5) is 8.31. The van der Waals surface area contributed by atoms with Crippen molar-refractivity contribution in [3.8, 4) is 0 Å². The van der Waals surface area contributed by atoms with E-state index in [2.05, 4.69) is 35.7 Å². The molecule has 92 valence electrons. The van der Waals surface area contributed by atoms with Crippen LogP contribution in [0.4, 0.5) is 5.82 Å². The minimum Gasteiger partial charge on any atom is -0.367 e. The summed E-state index contributed by atoms with van der Waals surface area (Å²) in [5.41, 5.74) is 0.733. The number of aromatic amines is 1. The van der Waals surface area contributed by atoms with Crippen molar-refractivity contribution in [1.29, 1.82) is 0 Å². The van der Waals surface area contributed by atoms with Gasteiger partial charge >= 0.3 is 0 Å². The number of rotatable bonds is 5. The van der Waals surface area contributed by atoms with E-state index in [0.717, 1.165) is 36.7 Å². The van der Waals surface area contributed by atoms with Crippen LogP contribution in [0.1, 0.15) is 12.2 Å². The van der Waals surface area contributed by atoms with E-state index in [1.165, 1.54) is 6.33 Å². The molecule has 0 bridgehead atoms. The van der Waals surface area contributed by atoms with Crippen molar-refractivity contribution in [3.63, 3.8) is 0 Å². The smallest absolute Gasteiger partial charge is 0.203 e. The highest BCUT2D eigenvalue weighted by molar-refractivity contribution is 5.61. The Kier molecular flexibility index (Phi) is 2.82. The molecule has 3 heterocycles. The Morgan fingerprint density at radius 1 is 1.33 bits per heavy atom. The summed E-state index contributed by atoms with van der Waals surface area (Å²) in [6.45, 7) is 0.792. The summed E-state index contributed by atoms with van der Waals surface area (Å²) < 4.78 is 1.83. The van der Waals surface area contributed by atoms with Gasteiger partial charge in [-0.25, -0.2) is 9.97 Å². The number of nitrogens with one attached hydrogen (secondary N) is 2. The lowest BCUT2D eigenvalue weighted by molar-refractivity contribution is 0.803. The molecule has 3 rings (SSSR count). The molecule has 0 fully saturated rings. The van der Waals surface area contributed by atoms with Gasteiger partial charge < -0.3 is 5.32 Å². The molecule has 18 heavy (non-hydrogen) atoms. The predicted octanol–water partition coefficient (Wildman–Crippen LogP) is 0.287. The fraction of sp³-hybridized carbons (Fsp3) is 0.300. The van der Waals surface area contributed by atoms with Gasteiger partial charge in [0, 0.05) is 25.4 Å². The predicted molar refractivity (Wildman–Crippen MR) is 64.0 cm³/mol. The lowest BCUT2D eigenvalue weighted by Gasteiger charge is -2.04. The van der Waals surface area contributed by atoms with Gasteiger partial charge in [-0.15, -0.1) is 10.2 Å². The van der Waals surface area contributed by atoms with Crippen LogP contribution in [0.3, 0.4) is 0 Å². The molecule has 8 heteroatoms. The topological polar surface area (TPSA) is 96.7 Å². The molecule has 0 amide bonds. The van der Waals surface area contributed by atoms with E-state index < -0.39 is 0 Å². The third-order valence-electron chi connectivity index (χ3n) is 2.56. The highest BCUT2D eigenvalue weighted by Gasteiger charge is 2.03. The van der Waals surface area contributed by atoms with Crippen LogP contribution < -0.4 is 5.32 Å². The molecule has 2 N–H and O–H groups in total. The van der Waals surface area contributed by atoms with Crippen LogP contribution in [-0.4, -0.2) is 41.3 Å². The number of hydrogen-bond donors (Lipinski definition) is 2. The zero-order chi connectivity index (χ0) is 12.2. The van der Waals surface area contributed by atoms with E-state index in [1.807, 2.05) is 10.6 Å². The van der Waals surface area contributed by atoms with E-state index in [9.17, 15) is 0 Å². The van der Waals surface area contributed by atoms with Gasteiger partial charge in [0.25, 0.3) is 0 Å². The molecular formula is C10H12N8. The zero-order valence-electron chi connectivity index (χ0n) is 9.61. The molecule has 0 saturated carbocycles. The van der Waals surface area contributed by atoms with Crippen LogP contribution in [0.25, 0.3) is 5.65 Å². The fourth-order valence-corrected chi connectivity index (χ4v) is 1.70. The minimum absolute atomic E-state index is 0.733. The molecule has 0 saturated heterocycles. The number of anilines is 1. The molecule has 0 aliphatic heterocycles. The molecule has 0 aliphatic carbocycles. The summed E-state index contributed by atoms with van der Waals surface area (Å²) in [6.07, 6.45) is 8.48. The van der Waals surface area contributed by atoms with Gasteiger partial charge in [0.05, 0.1) is 0 Å². The maximum Gasteiger partial charge on any atom is 0.203 e. The summed E-state index contributed by atoms with van der Waals surface area (Å²) in [7, 11) is 0. The second kappa shape index (κ2) is 4.78. The van der Waals surface area contributed by atoms with Crippen molar-refractivity contribution < 1.29 is 0 Å². The average Bonchev–Trinajstić information content (AvgIpc) is 3.05.